The predicted molar refractivity (Wildman–Crippen MR) is 51.4 cm³/mol. The lowest BCUT2D eigenvalue weighted by molar-refractivity contribution is -0.143. The van der Waals surface area contributed by atoms with Crippen LogP contribution in [0.1, 0.15) is 45.4 Å². The Morgan fingerprint density at radius 3 is 2.54 bits per heavy atom. The monoisotopic (exact) mass is 188 g/mol. The number of carbonyl (C=O) groups excluding carboxylic acids is 1. The van der Waals surface area contributed by atoms with Gasteiger partial charge in [-0.15, -0.1) is 0 Å². The highest BCUT2D eigenvalue weighted by Gasteiger charge is 1.99. The summed E-state index contributed by atoms with van der Waals surface area (Å²) in [7, 11) is 0. The van der Waals surface area contributed by atoms with E-state index in [1.807, 2.05) is 6.92 Å². The second-order valence-corrected chi connectivity index (χ2v) is 3.11. The van der Waals surface area contributed by atoms with Crippen molar-refractivity contribution in [2.45, 2.75) is 45.4 Å². The molecule has 0 aromatic rings. The van der Waals surface area contributed by atoms with Crippen molar-refractivity contribution in [2.24, 2.45) is 0 Å². The summed E-state index contributed by atoms with van der Waals surface area (Å²) in [5, 5.41) is 8.50. The molecule has 0 unspecified atom stereocenters. The van der Waals surface area contributed by atoms with Crippen molar-refractivity contribution in [3.05, 3.63) is 0 Å². The van der Waals surface area contributed by atoms with Crippen LogP contribution in [-0.2, 0) is 9.53 Å². The van der Waals surface area contributed by atoms with Gasteiger partial charge in [0.05, 0.1) is 6.61 Å². The Morgan fingerprint density at radius 1 is 1.23 bits per heavy atom. The van der Waals surface area contributed by atoms with Gasteiger partial charge in [0.25, 0.3) is 0 Å². The summed E-state index contributed by atoms with van der Waals surface area (Å²) in [6.45, 7) is 2.75. The number of unbranched alkanes of at least 4 members (excludes halogenated alkanes) is 3. The maximum absolute atomic E-state index is 10.9. The largest absolute Gasteiger partial charge is 0.466 e. The SMILES string of the molecule is CCCC(=O)OCCCCCCO. The summed E-state index contributed by atoms with van der Waals surface area (Å²) in [4.78, 5) is 10.9. The maximum atomic E-state index is 10.9. The molecule has 0 aliphatic carbocycles. The van der Waals surface area contributed by atoms with E-state index >= 15 is 0 Å². The summed E-state index contributed by atoms with van der Waals surface area (Å²) >= 11 is 0. The van der Waals surface area contributed by atoms with E-state index in [0.717, 1.165) is 32.1 Å². The summed E-state index contributed by atoms with van der Waals surface area (Å²) in [6.07, 6.45) is 5.18. The average molecular weight is 188 g/mol. The summed E-state index contributed by atoms with van der Waals surface area (Å²) in [5.74, 6) is -0.0929. The van der Waals surface area contributed by atoms with E-state index in [1.54, 1.807) is 0 Å². The van der Waals surface area contributed by atoms with Gasteiger partial charge in [0.15, 0.2) is 0 Å². The van der Waals surface area contributed by atoms with Crippen LogP contribution in [0.15, 0.2) is 0 Å². The molecular formula is C10H20O3. The number of ether oxygens (including phenoxy) is 1. The van der Waals surface area contributed by atoms with Crippen LogP contribution in [-0.4, -0.2) is 24.3 Å². The van der Waals surface area contributed by atoms with Crippen LogP contribution in [0.5, 0.6) is 0 Å². The lowest BCUT2D eigenvalue weighted by Gasteiger charge is -2.02. The molecule has 0 aromatic carbocycles. The normalized spacial score (nSPS) is 10.0. The van der Waals surface area contributed by atoms with Crippen molar-refractivity contribution >= 4 is 5.97 Å². The first-order valence-corrected chi connectivity index (χ1v) is 5.07. The number of hydrogen-bond acceptors (Lipinski definition) is 3. The molecule has 0 radical (unpaired) electrons. The highest BCUT2D eigenvalue weighted by molar-refractivity contribution is 5.69. The number of hydrogen-bond donors (Lipinski definition) is 1. The lowest BCUT2D eigenvalue weighted by atomic mass is 10.2. The minimum atomic E-state index is -0.0929. The summed E-state index contributed by atoms with van der Waals surface area (Å²) in [5.41, 5.74) is 0. The number of esters is 1. The Morgan fingerprint density at radius 2 is 1.92 bits per heavy atom. The van der Waals surface area contributed by atoms with Crippen LogP contribution >= 0.6 is 0 Å². The predicted octanol–water partition coefficient (Wildman–Crippen LogP) is 1.88. The van der Waals surface area contributed by atoms with Crippen LogP contribution in [0.2, 0.25) is 0 Å². The first kappa shape index (κ1) is 12.4. The minimum absolute atomic E-state index is 0.0929. The first-order valence-electron chi connectivity index (χ1n) is 5.07. The standard InChI is InChI=1S/C10H20O3/c1-2-7-10(12)13-9-6-4-3-5-8-11/h11H,2-9H2,1H3. The zero-order chi connectivity index (χ0) is 9.94. The van der Waals surface area contributed by atoms with Crippen molar-refractivity contribution in [2.75, 3.05) is 13.2 Å². The topological polar surface area (TPSA) is 46.5 Å². The van der Waals surface area contributed by atoms with Crippen molar-refractivity contribution < 1.29 is 14.6 Å². The lowest BCUT2D eigenvalue weighted by Crippen LogP contribution is -2.04. The van der Waals surface area contributed by atoms with Crippen LogP contribution in [0.3, 0.4) is 0 Å². The molecular weight excluding hydrogens is 168 g/mol. The molecule has 0 saturated heterocycles. The Balaban J connectivity index is 3.02. The fraction of sp³-hybridized carbons (Fsp3) is 0.900. The third-order valence-electron chi connectivity index (χ3n) is 1.77. The molecule has 0 rings (SSSR count). The van der Waals surface area contributed by atoms with Crippen molar-refractivity contribution in [1.29, 1.82) is 0 Å². The van der Waals surface area contributed by atoms with E-state index in [0.29, 0.717) is 13.0 Å². The zero-order valence-corrected chi connectivity index (χ0v) is 8.42. The molecule has 13 heavy (non-hydrogen) atoms. The van der Waals surface area contributed by atoms with Gasteiger partial charge >= 0.3 is 5.97 Å². The van der Waals surface area contributed by atoms with Gasteiger partial charge in [0, 0.05) is 13.0 Å². The molecule has 1 N–H and O–H groups in total. The van der Waals surface area contributed by atoms with Crippen LogP contribution in [0.4, 0.5) is 0 Å². The Bertz CT molecular complexity index is 123. The molecule has 0 atom stereocenters. The van der Waals surface area contributed by atoms with Gasteiger partial charge in [-0.05, 0) is 25.7 Å². The second-order valence-electron chi connectivity index (χ2n) is 3.11. The van der Waals surface area contributed by atoms with E-state index in [4.69, 9.17) is 9.84 Å². The van der Waals surface area contributed by atoms with E-state index in [9.17, 15) is 4.79 Å². The molecule has 0 aliphatic heterocycles. The molecule has 3 nitrogen and oxygen atoms in total. The summed E-state index contributed by atoms with van der Waals surface area (Å²) in [6, 6.07) is 0. The van der Waals surface area contributed by atoms with Gasteiger partial charge in [-0.25, -0.2) is 0 Å². The van der Waals surface area contributed by atoms with Crippen LogP contribution < -0.4 is 0 Å². The maximum Gasteiger partial charge on any atom is 0.305 e. The van der Waals surface area contributed by atoms with E-state index in [2.05, 4.69) is 0 Å². The van der Waals surface area contributed by atoms with Crippen molar-refractivity contribution in [3.8, 4) is 0 Å². The van der Waals surface area contributed by atoms with Gasteiger partial charge < -0.3 is 9.84 Å². The number of rotatable bonds is 8. The fourth-order valence-corrected chi connectivity index (χ4v) is 1.03. The molecule has 0 saturated carbocycles. The number of aliphatic hydroxyl groups excluding tert-OH is 1. The van der Waals surface area contributed by atoms with E-state index < -0.39 is 0 Å². The minimum Gasteiger partial charge on any atom is -0.466 e. The van der Waals surface area contributed by atoms with Gasteiger partial charge in [0.2, 0.25) is 0 Å². The summed E-state index contributed by atoms with van der Waals surface area (Å²) < 4.78 is 4.96. The van der Waals surface area contributed by atoms with E-state index in [1.165, 1.54) is 0 Å². The third kappa shape index (κ3) is 9.34. The van der Waals surface area contributed by atoms with Crippen LogP contribution in [0.25, 0.3) is 0 Å². The molecule has 0 amide bonds. The highest BCUT2D eigenvalue weighted by Crippen LogP contribution is 2.00. The van der Waals surface area contributed by atoms with Gasteiger partial charge in [-0.3, -0.25) is 4.79 Å². The smallest absolute Gasteiger partial charge is 0.305 e. The Kier molecular flexibility index (Phi) is 9.10. The first-order chi connectivity index (χ1) is 6.31. The molecule has 78 valence electrons. The van der Waals surface area contributed by atoms with Crippen molar-refractivity contribution in [3.63, 3.8) is 0 Å². The molecule has 0 aliphatic rings. The number of aliphatic hydroxyl groups is 1. The molecule has 0 fully saturated rings. The second kappa shape index (κ2) is 9.52. The quantitative estimate of drug-likeness (QED) is 0.467. The third-order valence-corrected chi connectivity index (χ3v) is 1.77. The highest BCUT2D eigenvalue weighted by atomic mass is 16.5. The van der Waals surface area contributed by atoms with Crippen molar-refractivity contribution in [1.82, 2.24) is 0 Å². The van der Waals surface area contributed by atoms with Gasteiger partial charge in [-0.2, -0.15) is 0 Å². The Labute approximate surface area is 80.1 Å². The van der Waals surface area contributed by atoms with Crippen LogP contribution in [0, 0.1) is 0 Å². The molecule has 0 spiro atoms. The Hall–Kier alpha value is -0.570. The fourth-order valence-electron chi connectivity index (χ4n) is 1.03. The molecule has 0 bridgehead atoms. The van der Waals surface area contributed by atoms with Gasteiger partial charge in [-0.1, -0.05) is 13.3 Å². The average Bonchev–Trinajstić information content (AvgIpc) is 2.11. The molecule has 3 heteroatoms. The van der Waals surface area contributed by atoms with E-state index in [-0.39, 0.29) is 12.6 Å². The number of carbonyl (C=O) groups is 1. The zero-order valence-electron chi connectivity index (χ0n) is 8.42. The van der Waals surface area contributed by atoms with Gasteiger partial charge in [0.1, 0.15) is 0 Å². The molecule has 0 heterocycles. The molecule has 0 aromatic heterocycles.